The van der Waals surface area contributed by atoms with Gasteiger partial charge in [-0.1, -0.05) is 0 Å². The predicted molar refractivity (Wildman–Crippen MR) is 57.3 cm³/mol. The van der Waals surface area contributed by atoms with E-state index in [1.807, 2.05) is 19.1 Å². The molecule has 2 nitrogen and oxygen atoms in total. The molecule has 1 heterocycles. The van der Waals surface area contributed by atoms with Crippen molar-refractivity contribution in [2.75, 3.05) is 11.9 Å². The molecule has 0 radical (unpaired) electrons. The van der Waals surface area contributed by atoms with E-state index in [-0.39, 0.29) is 5.38 Å². The number of hydrogen-bond acceptors (Lipinski definition) is 2. The molecule has 0 spiro atoms. The van der Waals surface area contributed by atoms with E-state index in [1.54, 1.807) is 12.4 Å². The van der Waals surface area contributed by atoms with Gasteiger partial charge < -0.3 is 5.32 Å². The van der Waals surface area contributed by atoms with Gasteiger partial charge in [-0.15, -0.1) is 11.6 Å². The topological polar surface area (TPSA) is 24.9 Å². The van der Waals surface area contributed by atoms with Gasteiger partial charge in [0, 0.05) is 30.0 Å². The maximum Gasteiger partial charge on any atom is 0.0371 e. The molecule has 0 aliphatic rings. The van der Waals surface area contributed by atoms with Crippen LogP contribution in [0, 0.1) is 0 Å². The molecule has 13 heavy (non-hydrogen) atoms. The summed E-state index contributed by atoms with van der Waals surface area (Å²) in [4.78, 5) is 3.94. The van der Waals surface area contributed by atoms with Gasteiger partial charge in [0.1, 0.15) is 0 Å². The lowest BCUT2D eigenvalue weighted by atomic mass is 10.2. The van der Waals surface area contributed by atoms with Crippen molar-refractivity contribution in [2.45, 2.75) is 25.1 Å². The van der Waals surface area contributed by atoms with Gasteiger partial charge in [-0.05, 0) is 31.9 Å². The summed E-state index contributed by atoms with van der Waals surface area (Å²) < 4.78 is 0. The van der Waals surface area contributed by atoms with E-state index in [0.717, 1.165) is 25.1 Å². The van der Waals surface area contributed by atoms with E-state index in [2.05, 4.69) is 10.3 Å². The molecule has 0 saturated carbocycles. The lowest BCUT2D eigenvalue weighted by Gasteiger charge is -2.06. The first-order valence-corrected chi connectivity index (χ1v) is 5.00. The normalized spacial score (nSPS) is 12.5. The first kappa shape index (κ1) is 10.3. The third kappa shape index (κ3) is 4.73. The Balaban J connectivity index is 2.13. The van der Waals surface area contributed by atoms with Crippen LogP contribution in [0.3, 0.4) is 0 Å². The number of alkyl halides is 1. The van der Waals surface area contributed by atoms with E-state index in [0.29, 0.717) is 0 Å². The number of aromatic nitrogens is 1. The average molecular weight is 199 g/mol. The Morgan fingerprint density at radius 1 is 1.46 bits per heavy atom. The minimum absolute atomic E-state index is 0.277. The third-order valence-corrected chi connectivity index (χ3v) is 2.01. The van der Waals surface area contributed by atoms with Crippen molar-refractivity contribution in [3.63, 3.8) is 0 Å². The van der Waals surface area contributed by atoms with Crippen LogP contribution in [0.2, 0.25) is 0 Å². The van der Waals surface area contributed by atoms with Gasteiger partial charge in [-0.3, -0.25) is 4.98 Å². The Labute approximate surface area is 84.3 Å². The van der Waals surface area contributed by atoms with Crippen LogP contribution in [0.5, 0.6) is 0 Å². The maximum atomic E-state index is 5.82. The first-order valence-electron chi connectivity index (χ1n) is 4.57. The molecule has 0 saturated heterocycles. The number of anilines is 1. The van der Waals surface area contributed by atoms with Crippen molar-refractivity contribution in [2.24, 2.45) is 0 Å². The summed E-state index contributed by atoms with van der Waals surface area (Å²) in [5.41, 5.74) is 1.12. The molecule has 0 fully saturated rings. The quantitative estimate of drug-likeness (QED) is 0.582. The summed E-state index contributed by atoms with van der Waals surface area (Å²) in [5.74, 6) is 0. The van der Waals surface area contributed by atoms with Crippen LogP contribution in [-0.4, -0.2) is 16.9 Å². The van der Waals surface area contributed by atoms with Crippen molar-refractivity contribution in [1.82, 2.24) is 4.98 Å². The first-order chi connectivity index (χ1) is 6.29. The lowest BCUT2D eigenvalue weighted by Crippen LogP contribution is -2.03. The van der Waals surface area contributed by atoms with E-state index >= 15 is 0 Å². The van der Waals surface area contributed by atoms with Gasteiger partial charge in [-0.25, -0.2) is 0 Å². The number of hydrogen-bond donors (Lipinski definition) is 1. The number of rotatable bonds is 5. The SMILES string of the molecule is CC(Cl)CCCNc1ccncc1. The number of halogens is 1. The molecule has 1 N–H and O–H groups in total. The molecule has 0 aliphatic heterocycles. The second-order valence-corrected chi connectivity index (χ2v) is 3.83. The highest BCUT2D eigenvalue weighted by molar-refractivity contribution is 6.20. The zero-order valence-electron chi connectivity index (χ0n) is 7.83. The maximum absolute atomic E-state index is 5.82. The second-order valence-electron chi connectivity index (χ2n) is 3.09. The molecule has 72 valence electrons. The number of nitrogens with zero attached hydrogens (tertiary/aromatic N) is 1. The van der Waals surface area contributed by atoms with Crippen molar-refractivity contribution < 1.29 is 0 Å². The van der Waals surface area contributed by atoms with Gasteiger partial charge in [0.15, 0.2) is 0 Å². The third-order valence-electron chi connectivity index (χ3n) is 1.79. The fraction of sp³-hybridized carbons (Fsp3) is 0.500. The largest absolute Gasteiger partial charge is 0.385 e. The summed E-state index contributed by atoms with van der Waals surface area (Å²) in [5, 5.41) is 3.58. The fourth-order valence-corrected chi connectivity index (χ4v) is 1.24. The molecule has 1 aromatic heterocycles. The van der Waals surface area contributed by atoms with E-state index < -0.39 is 0 Å². The summed E-state index contributed by atoms with van der Waals surface area (Å²) in [6, 6.07) is 3.92. The van der Waals surface area contributed by atoms with E-state index in [9.17, 15) is 0 Å². The van der Waals surface area contributed by atoms with Crippen LogP contribution in [0.4, 0.5) is 5.69 Å². The van der Waals surface area contributed by atoms with Gasteiger partial charge in [-0.2, -0.15) is 0 Å². The van der Waals surface area contributed by atoms with Gasteiger partial charge >= 0.3 is 0 Å². The Morgan fingerprint density at radius 3 is 2.77 bits per heavy atom. The average Bonchev–Trinajstić information content (AvgIpc) is 2.14. The minimum Gasteiger partial charge on any atom is -0.385 e. The molecule has 1 atom stereocenters. The van der Waals surface area contributed by atoms with Gasteiger partial charge in [0.25, 0.3) is 0 Å². The van der Waals surface area contributed by atoms with Crippen molar-refractivity contribution in [3.8, 4) is 0 Å². The van der Waals surface area contributed by atoms with Crippen LogP contribution in [0.15, 0.2) is 24.5 Å². The Bertz CT molecular complexity index is 224. The summed E-state index contributed by atoms with van der Waals surface area (Å²) >= 11 is 5.82. The molecule has 1 aromatic rings. The summed E-state index contributed by atoms with van der Waals surface area (Å²) in [6.07, 6.45) is 5.73. The molecule has 1 rings (SSSR count). The van der Waals surface area contributed by atoms with Crippen LogP contribution in [0.1, 0.15) is 19.8 Å². The smallest absolute Gasteiger partial charge is 0.0371 e. The summed E-state index contributed by atoms with van der Waals surface area (Å²) in [6.45, 7) is 3.00. The van der Waals surface area contributed by atoms with Crippen molar-refractivity contribution in [3.05, 3.63) is 24.5 Å². The minimum atomic E-state index is 0.277. The number of nitrogens with one attached hydrogen (secondary N) is 1. The molecule has 0 aliphatic carbocycles. The predicted octanol–water partition coefficient (Wildman–Crippen LogP) is 2.90. The molecular weight excluding hydrogens is 184 g/mol. The zero-order chi connectivity index (χ0) is 9.52. The monoisotopic (exact) mass is 198 g/mol. The van der Waals surface area contributed by atoms with Gasteiger partial charge in [0.2, 0.25) is 0 Å². The molecule has 3 heteroatoms. The standard InChI is InChI=1S/C10H15ClN2/c1-9(11)3-2-6-13-10-4-7-12-8-5-10/h4-5,7-9H,2-3,6H2,1H3,(H,12,13). The molecular formula is C10H15ClN2. The van der Waals surface area contributed by atoms with Crippen LogP contribution >= 0.6 is 11.6 Å². The van der Waals surface area contributed by atoms with E-state index in [4.69, 9.17) is 11.6 Å². The molecule has 0 amide bonds. The van der Waals surface area contributed by atoms with E-state index in [1.165, 1.54) is 0 Å². The van der Waals surface area contributed by atoms with Crippen LogP contribution in [0.25, 0.3) is 0 Å². The number of pyridine rings is 1. The van der Waals surface area contributed by atoms with Crippen LogP contribution in [-0.2, 0) is 0 Å². The highest BCUT2D eigenvalue weighted by Gasteiger charge is 1.95. The van der Waals surface area contributed by atoms with Crippen LogP contribution < -0.4 is 5.32 Å². The Hall–Kier alpha value is -0.760. The van der Waals surface area contributed by atoms with Crippen molar-refractivity contribution in [1.29, 1.82) is 0 Å². The second kappa shape index (κ2) is 5.81. The zero-order valence-corrected chi connectivity index (χ0v) is 8.59. The molecule has 1 unspecified atom stereocenters. The lowest BCUT2D eigenvalue weighted by molar-refractivity contribution is 0.750. The van der Waals surface area contributed by atoms with Gasteiger partial charge in [0.05, 0.1) is 0 Å². The highest BCUT2D eigenvalue weighted by Crippen LogP contribution is 2.06. The highest BCUT2D eigenvalue weighted by atomic mass is 35.5. The fourth-order valence-electron chi connectivity index (χ4n) is 1.09. The Kier molecular flexibility index (Phi) is 4.61. The Morgan fingerprint density at radius 2 is 2.15 bits per heavy atom. The molecule has 0 aromatic carbocycles. The summed E-state index contributed by atoms with van der Waals surface area (Å²) in [7, 11) is 0. The van der Waals surface area contributed by atoms with Crippen molar-refractivity contribution >= 4 is 17.3 Å². The molecule has 0 bridgehead atoms.